The van der Waals surface area contributed by atoms with E-state index in [1.54, 1.807) is 25.7 Å². The Morgan fingerprint density at radius 1 is 1.00 bits per heavy atom. The summed E-state index contributed by atoms with van der Waals surface area (Å²) in [6, 6.07) is 6.14. The van der Waals surface area contributed by atoms with Crippen molar-refractivity contribution in [1.82, 2.24) is 10.2 Å². The summed E-state index contributed by atoms with van der Waals surface area (Å²) in [5, 5.41) is 15.5. The number of ether oxygens (including phenoxy) is 1. The summed E-state index contributed by atoms with van der Waals surface area (Å²) < 4.78 is 32.0. The van der Waals surface area contributed by atoms with Crippen LogP contribution in [0, 0.1) is 11.6 Å². The van der Waals surface area contributed by atoms with E-state index in [2.05, 4.69) is 10.6 Å². The molecule has 182 valence electrons. The van der Waals surface area contributed by atoms with Gasteiger partial charge in [0.15, 0.2) is 0 Å². The molecule has 3 amide bonds. The summed E-state index contributed by atoms with van der Waals surface area (Å²) >= 11 is 0. The van der Waals surface area contributed by atoms with Crippen molar-refractivity contribution < 1.29 is 33.0 Å². The summed E-state index contributed by atoms with van der Waals surface area (Å²) in [5.41, 5.74) is -0.658. The number of carbonyl (C=O) groups is 3. The highest BCUT2D eigenvalue weighted by Crippen LogP contribution is 2.24. The maximum atomic E-state index is 13.3. The molecule has 0 bridgehead atoms. The van der Waals surface area contributed by atoms with Crippen LogP contribution in [0.4, 0.5) is 19.3 Å². The molecule has 1 aliphatic rings. The van der Waals surface area contributed by atoms with Crippen molar-refractivity contribution >= 4 is 23.6 Å². The lowest BCUT2D eigenvalue weighted by Gasteiger charge is -2.33. The van der Waals surface area contributed by atoms with Gasteiger partial charge in [-0.25, -0.2) is 13.6 Å². The smallest absolute Gasteiger partial charge is 0.410 e. The van der Waals surface area contributed by atoms with Gasteiger partial charge in [0, 0.05) is 42.5 Å². The number of nitrogens with zero attached hydrogens (tertiary/aromatic N) is 1. The highest BCUT2D eigenvalue weighted by Gasteiger charge is 2.28. The van der Waals surface area contributed by atoms with Crippen LogP contribution in [0.1, 0.15) is 54.3 Å². The van der Waals surface area contributed by atoms with E-state index in [0.717, 1.165) is 12.1 Å². The van der Waals surface area contributed by atoms with Crippen molar-refractivity contribution in [1.29, 1.82) is 0 Å². The van der Waals surface area contributed by atoms with Crippen LogP contribution in [0.3, 0.4) is 0 Å². The molecule has 0 unspecified atom stereocenters. The average Bonchev–Trinajstić information content (AvgIpc) is 2.72. The predicted molar refractivity (Wildman–Crippen MR) is 121 cm³/mol. The Hall–Kier alpha value is -3.69. The van der Waals surface area contributed by atoms with Gasteiger partial charge < -0.3 is 25.4 Å². The lowest BCUT2D eigenvalue weighted by molar-refractivity contribution is 0.0199. The summed E-state index contributed by atoms with van der Waals surface area (Å²) in [6.45, 7) is 6.24. The predicted octanol–water partition coefficient (Wildman–Crippen LogP) is 4.05. The lowest BCUT2D eigenvalue weighted by Crippen LogP contribution is -2.47. The number of aromatic hydroxyl groups is 1. The second-order valence-corrected chi connectivity index (χ2v) is 9.06. The standard InChI is InChI=1S/C24H27F2N3O5/c1-24(2,3)34-23(33)29-8-6-17(7-9-29)27-22(32)19-5-4-18(13-20(19)30)28-21(31)14-10-15(25)12-16(26)11-14/h4-5,10-13,17,30H,6-9H2,1-3H3,(H,27,32)(H,28,31). The van der Waals surface area contributed by atoms with Crippen LogP contribution in [-0.4, -0.2) is 52.6 Å². The molecule has 0 aromatic heterocycles. The molecule has 2 aromatic carbocycles. The molecule has 0 radical (unpaired) electrons. The van der Waals surface area contributed by atoms with Gasteiger partial charge in [0.2, 0.25) is 0 Å². The van der Waals surface area contributed by atoms with Gasteiger partial charge in [-0.05, 0) is 57.9 Å². The van der Waals surface area contributed by atoms with E-state index in [1.807, 2.05) is 0 Å². The maximum Gasteiger partial charge on any atom is 0.410 e. The van der Waals surface area contributed by atoms with E-state index in [9.17, 15) is 28.3 Å². The number of carbonyl (C=O) groups excluding carboxylic acids is 3. The van der Waals surface area contributed by atoms with E-state index >= 15 is 0 Å². The second-order valence-electron chi connectivity index (χ2n) is 9.06. The van der Waals surface area contributed by atoms with E-state index in [1.165, 1.54) is 18.2 Å². The largest absolute Gasteiger partial charge is 0.507 e. The number of rotatable bonds is 4. The minimum Gasteiger partial charge on any atom is -0.507 e. The third kappa shape index (κ3) is 6.66. The molecule has 2 aromatic rings. The monoisotopic (exact) mass is 475 g/mol. The number of hydrogen-bond acceptors (Lipinski definition) is 5. The maximum absolute atomic E-state index is 13.3. The van der Waals surface area contributed by atoms with E-state index in [-0.39, 0.29) is 28.6 Å². The highest BCUT2D eigenvalue weighted by molar-refractivity contribution is 6.05. The molecule has 1 fully saturated rings. The van der Waals surface area contributed by atoms with Gasteiger partial charge in [-0.1, -0.05) is 0 Å². The lowest BCUT2D eigenvalue weighted by atomic mass is 10.0. The normalized spacial score (nSPS) is 14.4. The second kappa shape index (κ2) is 10.1. The number of anilines is 1. The summed E-state index contributed by atoms with van der Waals surface area (Å²) in [7, 11) is 0. The Bertz CT molecular complexity index is 1070. The highest BCUT2D eigenvalue weighted by atomic mass is 19.1. The number of phenolic OH excluding ortho intramolecular Hbond substituents is 1. The first-order chi connectivity index (χ1) is 15.9. The quantitative estimate of drug-likeness (QED) is 0.618. The topological polar surface area (TPSA) is 108 Å². The summed E-state index contributed by atoms with van der Waals surface area (Å²) in [6.07, 6.45) is 0.669. The Labute approximate surface area is 195 Å². The number of nitrogens with one attached hydrogen (secondary N) is 2. The van der Waals surface area contributed by atoms with E-state index in [4.69, 9.17) is 4.74 Å². The van der Waals surface area contributed by atoms with Gasteiger partial charge in [0.05, 0.1) is 5.56 Å². The van der Waals surface area contributed by atoms with Crippen LogP contribution in [0.2, 0.25) is 0 Å². The van der Waals surface area contributed by atoms with Crippen molar-refractivity contribution in [2.24, 2.45) is 0 Å². The minimum atomic E-state index is -0.892. The molecular weight excluding hydrogens is 448 g/mol. The zero-order valence-electron chi connectivity index (χ0n) is 19.2. The van der Waals surface area contributed by atoms with Crippen LogP contribution >= 0.6 is 0 Å². The van der Waals surface area contributed by atoms with Crippen LogP contribution in [0.15, 0.2) is 36.4 Å². The third-order valence-electron chi connectivity index (χ3n) is 5.11. The first-order valence-corrected chi connectivity index (χ1v) is 10.8. The molecule has 3 N–H and O–H groups in total. The Morgan fingerprint density at radius 2 is 1.62 bits per heavy atom. The Kier molecular flexibility index (Phi) is 7.38. The number of piperidine rings is 1. The first kappa shape index (κ1) is 24.9. The molecule has 0 atom stereocenters. The molecule has 1 aliphatic heterocycles. The third-order valence-corrected chi connectivity index (χ3v) is 5.11. The Balaban J connectivity index is 1.56. The SMILES string of the molecule is CC(C)(C)OC(=O)N1CCC(NC(=O)c2ccc(NC(=O)c3cc(F)cc(F)c3)cc2O)CC1. The Morgan fingerprint density at radius 3 is 2.18 bits per heavy atom. The van der Waals surface area contributed by atoms with Gasteiger partial charge >= 0.3 is 6.09 Å². The minimum absolute atomic E-state index is 0.00405. The van der Waals surface area contributed by atoms with E-state index in [0.29, 0.717) is 32.0 Å². The number of hydrogen-bond donors (Lipinski definition) is 3. The molecule has 0 saturated carbocycles. The molecule has 8 nitrogen and oxygen atoms in total. The van der Waals surface area contributed by atoms with Gasteiger partial charge in [0.1, 0.15) is 23.0 Å². The van der Waals surface area contributed by atoms with Gasteiger partial charge in [-0.2, -0.15) is 0 Å². The van der Waals surface area contributed by atoms with Crippen LogP contribution in [0.5, 0.6) is 5.75 Å². The molecule has 1 saturated heterocycles. The van der Waals surface area contributed by atoms with Crippen molar-refractivity contribution in [3.05, 3.63) is 59.2 Å². The van der Waals surface area contributed by atoms with Crippen LogP contribution in [0.25, 0.3) is 0 Å². The van der Waals surface area contributed by atoms with Gasteiger partial charge in [-0.15, -0.1) is 0 Å². The van der Waals surface area contributed by atoms with E-state index < -0.39 is 35.1 Å². The molecule has 1 heterocycles. The molecule has 3 rings (SSSR count). The van der Waals surface area contributed by atoms with Crippen molar-refractivity contribution in [3.8, 4) is 5.75 Å². The fraction of sp³-hybridized carbons (Fsp3) is 0.375. The zero-order valence-corrected chi connectivity index (χ0v) is 19.2. The van der Waals surface area contributed by atoms with Crippen LogP contribution in [-0.2, 0) is 4.74 Å². The van der Waals surface area contributed by atoms with Crippen molar-refractivity contribution in [2.45, 2.75) is 45.3 Å². The molecular formula is C24H27F2N3O5. The molecule has 10 heteroatoms. The molecule has 0 spiro atoms. The van der Waals surface area contributed by atoms with Gasteiger partial charge in [-0.3, -0.25) is 9.59 Å². The molecule has 34 heavy (non-hydrogen) atoms. The number of likely N-dealkylation sites (tertiary alicyclic amines) is 1. The average molecular weight is 475 g/mol. The summed E-state index contributed by atoms with van der Waals surface area (Å²) in [4.78, 5) is 38.6. The fourth-order valence-corrected chi connectivity index (χ4v) is 3.49. The van der Waals surface area contributed by atoms with Crippen molar-refractivity contribution in [3.63, 3.8) is 0 Å². The van der Waals surface area contributed by atoms with Crippen molar-refractivity contribution in [2.75, 3.05) is 18.4 Å². The fourth-order valence-electron chi connectivity index (χ4n) is 3.49. The number of phenols is 1. The summed E-state index contributed by atoms with van der Waals surface area (Å²) in [5.74, 6) is -3.43. The number of benzene rings is 2. The molecule has 0 aliphatic carbocycles. The number of amides is 3. The van der Waals surface area contributed by atoms with Gasteiger partial charge in [0.25, 0.3) is 11.8 Å². The zero-order chi connectivity index (χ0) is 25.0. The first-order valence-electron chi connectivity index (χ1n) is 10.8. The number of halogens is 2. The van der Waals surface area contributed by atoms with Crippen LogP contribution < -0.4 is 10.6 Å².